The summed E-state index contributed by atoms with van der Waals surface area (Å²) < 4.78 is 10.4. The zero-order valence-corrected chi connectivity index (χ0v) is 13.3. The Kier molecular flexibility index (Phi) is 4.48. The number of carbonyl (C=O) groups is 1. The molecule has 0 aliphatic carbocycles. The van der Waals surface area contributed by atoms with Crippen LogP contribution in [0.15, 0.2) is 36.4 Å². The maximum absolute atomic E-state index is 12.5. The highest BCUT2D eigenvalue weighted by Crippen LogP contribution is 2.24. The average molecular weight is 312 g/mol. The van der Waals surface area contributed by atoms with Crippen molar-refractivity contribution < 1.29 is 14.3 Å². The number of amides is 1. The number of hydrogen-bond acceptors (Lipinski definition) is 4. The third kappa shape index (κ3) is 3.46. The van der Waals surface area contributed by atoms with Crippen LogP contribution >= 0.6 is 0 Å². The van der Waals surface area contributed by atoms with Crippen molar-refractivity contribution in [3.8, 4) is 11.5 Å². The van der Waals surface area contributed by atoms with E-state index < -0.39 is 0 Å². The summed E-state index contributed by atoms with van der Waals surface area (Å²) in [7, 11) is 3.12. The first-order valence-electron chi connectivity index (χ1n) is 7.56. The molecule has 2 aromatic carbocycles. The number of ether oxygens (including phenoxy) is 2. The summed E-state index contributed by atoms with van der Waals surface area (Å²) in [6.07, 6.45) is 1.02. The summed E-state index contributed by atoms with van der Waals surface area (Å²) in [5.74, 6) is 0.985. The molecule has 5 heteroatoms. The van der Waals surface area contributed by atoms with Crippen LogP contribution in [0.4, 0.5) is 5.69 Å². The van der Waals surface area contributed by atoms with Crippen molar-refractivity contribution in [1.29, 1.82) is 0 Å². The van der Waals surface area contributed by atoms with Crippen molar-refractivity contribution in [1.82, 2.24) is 5.32 Å². The van der Waals surface area contributed by atoms with Gasteiger partial charge >= 0.3 is 0 Å². The highest BCUT2D eigenvalue weighted by atomic mass is 16.5. The van der Waals surface area contributed by atoms with E-state index in [1.165, 1.54) is 11.1 Å². The second-order valence-electron chi connectivity index (χ2n) is 5.47. The molecule has 23 heavy (non-hydrogen) atoms. The summed E-state index contributed by atoms with van der Waals surface area (Å²) in [5.41, 5.74) is 3.86. The van der Waals surface area contributed by atoms with Crippen LogP contribution in [0.5, 0.6) is 11.5 Å². The predicted octanol–water partition coefficient (Wildman–Crippen LogP) is 2.60. The van der Waals surface area contributed by atoms with Gasteiger partial charge in [-0.25, -0.2) is 0 Å². The van der Waals surface area contributed by atoms with E-state index in [1.807, 2.05) is 12.1 Å². The molecule has 1 amide bonds. The van der Waals surface area contributed by atoms with Crippen molar-refractivity contribution in [3.63, 3.8) is 0 Å². The standard InChI is InChI=1S/C18H20N2O3/c1-22-16-8-13(9-17(10-16)23-2)18(21)20-15-4-3-12-5-6-19-11-14(12)7-15/h3-4,7-10,19H,5-6,11H2,1-2H3,(H,20,21). The Morgan fingerprint density at radius 2 is 1.78 bits per heavy atom. The molecular formula is C18H20N2O3. The lowest BCUT2D eigenvalue weighted by Crippen LogP contribution is -2.23. The first-order chi connectivity index (χ1) is 11.2. The molecule has 1 aliphatic rings. The molecule has 0 fully saturated rings. The molecule has 2 N–H and O–H groups in total. The Hall–Kier alpha value is -2.53. The smallest absolute Gasteiger partial charge is 0.255 e. The quantitative estimate of drug-likeness (QED) is 0.911. The Balaban J connectivity index is 1.81. The molecule has 0 spiro atoms. The van der Waals surface area contributed by atoms with Crippen molar-refractivity contribution >= 4 is 11.6 Å². The van der Waals surface area contributed by atoms with Gasteiger partial charge in [0.05, 0.1) is 14.2 Å². The molecule has 0 aromatic heterocycles. The fraction of sp³-hybridized carbons (Fsp3) is 0.278. The number of hydrogen-bond donors (Lipinski definition) is 2. The second kappa shape index (κ2) is 6.71. The fourth-order valence-corrected chi connectivity index (χ4v) is 2.70. The Labute approximate surface area is 135 Å². The first kappa shape index (κ1) is 15.4. The molecule has 0 unspecified atom stereocenters. The largest absolute Gasteiger partial charge is 0.497 e. The average Bonchev–Trinajstić information content (AvgIpc) is 2.61. The summed E-state index contributed by atoms with van der Waals surface area (Å²) in [4.78, 5) is 12.5. The van der Waals surface area contributed by atoms with Gasteiger partial charge in [0.2, 0.25) is 0 Å². The highest BCUT2D eigenvalue weighted by Gasteiger charge is 2.13. The van der Waals surface area contributed by atoms with E-state index in [9.17, 15) is 4.79 Å². The molecule has 0 saturated carbocycles. The number of carbonyl (C=O) groups excluding carboxylic acids is 1. The number of benzene rings is 2. The molecular weight excluding hydrogens is 292 g/mol. The second-order valence-corrected chi connectivity index (χ2v) is 5.47. The Morgan fingerprint density at radius 1 is 1.04 bits per heavy atom. The predicted molar refractivity (Wildman–Crippen MR) is 89.4 cm³/mol. The van der Waals surface area contributed by atoms with Gasteiger partial charge in [-0.1, -0.05) is 6.07 Å². The van der Waals surface area contributed by atoms with E-state index in [4.69, 9.17) is 9.47 Å². The lowest BCUT2D eigenvalue weighted by atomic mass is 10.0. The summed E-state index contributed by atoms with van der Waals surface area (Å²) in [6, 6.07) is 11.2. The monoisotopic (exact) mass is 312 g/mol. The molecule has 2 aromatic rings. The zero-order chi connectivity index (χ0) is 16.2. The molecule has 1 aliphatic heterocycles. The van der Waals surface area contributed by atoms with Crippen LogP contribution < -0.4 is 20.1 Å². The molecule has 0 radical (unpaired) electrons. The van der Waals surface area contributed by atoms with E-state index in [2.05, 4.69) is 16.7 Å². The Morgan fingerprint density at radius 3 is 2.48 bits per heavy atom. The van der Waals surface area contributed by atoms with Gasteiger partial charge in [-0.05, 0) is 48.4 Å². The molecule has 3 rings (SSSR count). The van der Waals surface area contributed by atoms with Crippen LogP contribution in [0.3, 0.4) is 0 Å². The number of fused-ring (bicyclic) bond motifs is 1. The maximum Gasteiger partial charge on any atom is 0.255 e. The normalized spacial score (nSPS) is 13.1. The summed E-state index contributed by atoms with van der Waals surface area (Å²) in [6.45, 7) is 1.84. The zero-order valence-electron chi connectivity index (χ0n) is 13.3. The van der Waals surface area contributed by atoms with Gasteiger partial charge in [0.25, 0.3) is 5.91 Å². The minimum atomic E-state index is -0.189. The van der Waals surface area contributed by atoms with Gasteiger partial charge in [-0.2, -0.15) is 0 Å². The molecule has 0 atom stereocenters. The van der Waals surface area contributed by atoms with E-state index >= 15 is 0 Å². The van der Waals surface area contributed by atoms with Gasteiger partial charge in [0.15, 0.2) is 0 Å². The van der Waals surface area contributed by atoms with E-state index in [0.29, 0.717) is 17.1 Å². The van der Waals surface area contributed by atoms with Crippen molar-refractivity contribution in [2.75, 3.05) is 26.1 Å². The minimum Gasteiger partial charge on any atom is -0.497 e. The van der Waals surface area contributed by atoms with Crippen LogP contribution in [0.25, 0.3) is 0 Å². The van der Waals surface area contributed by atoms with E-state index in [1.54, 1.807) is 32.4 Å². The topological polar surface area (TPSA) is 59.6 Å². The van der Waals surface area contributed by atoms with Crippen molar-refractivity contribution in [3.05, 3.63) is 53.1 Å². The maximum atomic E-state index is 12.5. The van der Waals surface area contributed by atoms with Gasteiger partial charge in [-0.15, -0.1) is 0 Å². The van der Waals surface area contributed by atoms with Gasteiger partial charge in [-0.3, -0.25) is 4.79 Å². The molecule has 120 valence electrons. The number of methoxy groups -OCH3 is 2. The van der Waals surface area contributed by atoms with Crippen LogP contribution in [-0.4, -0.2) is 26.7 Å². The first-order valence-corrected chi connectivity index (χ1v) is 7.56. The molecule has 0 saturated heterocycles. The lowest BCUT2D eigenvalue weighted by molar-refractivity contribution is 0.102. The summed E-state index contributed by atoms with van der Waals surface area (Å²) >= 11 is 0. The molecule has 1 heterocycles. The number of nitrogens with one attached hydrogen (secondary N) is 2. The van der Waals surface area contributed by atoms with E-state index in [0.717, 1.165) is 25.2 Å². The van der Waals surface area contributed by atoms with Gasteiger partial charge in [0.1, 0.15) is 11.5 Å². The lowest BCUT2D eigenvalue weighted by Gasteiger charge is -2.18. The van der Waals surface area contributed by atoms with Crippen LogP contribution in [-0.2, 0) is 13.0 Å². The van der Waals surface area contributed by atoms with Gasteiger partial charge < -0.3 is 20.1 Å². The molecule has 0 bridgehead atoms. The summed E-state index contributed by atoms with van der Waals surface area (Å²) in [5, 5.41) is 6.27. The molecule has 5 nitrogen and oxygen atoms in total. The SMILES string of the molecule is COc1cc(OC)cc(C(=O)Nc2ccc3c(c2)CNCC3)c1. The van der Waals surface area contributed by atoms with Gasteiger partial charge in [0, 0.05) is 23.9 Å². The third-order valence-corrected chi connectivity index (χ3v) is 3.96. The fourth-order valence-electron chi connectivity index (χ4n) is 2.70. The number of rotatable bonds is 4. The van der Waals surface area contributed by atoms with Crippen LogP contribution in [0.2, 0.25) is 0 Å². The Bertz CT molecular complexity index is 706. The van der Waals surface area contributed by atoms with Crippen LogP contribution in [0, 0.1) is 0 Å². The van der Waals surface area contributed by atoms with Crippen molar-refractivity contribution in [2.24, 2.45) is 0 Å². The highest BCUT2D eigenvalue weighted by molar-refractivity contribution is 6.04. The van der Waals surface area contributed by atoms with E-state index in [-0.39, 0.29) is 5.91 Å². The van der Waals surface area contributed by atoms with Crippen molar-refractivity contribution in [2.45, 2.75) is 13.0 Å². The minimum absolute atomic E-state index is 0.189. The number of anilines is 1. The third-order valence-electron chi connectivity index (χ3n) is 3.96. The van der Waals surface area contributed by atoms with Crippen LogP contribution in [0.1, 0.15) is 21.5 Å².